The molecule has 0 fully saturated rings. The summed E-state index contributed by atoms with van der Waals surface area (Å²) < 4.78 is 5.66. The van der Waals surface area contributed by atoms with Gasteiger partial charge in [0.2, 0.25) is 0 Å². The quantitative estimate of drug-likeness (QED) is 0.638. The van der Waals surface area contributed by atoms with E-state index in [2.05, 4.69) is 45.0 Å². The molecule has 1 aromatic carbocycles. The van der Waals surface area contributed by atoms with Gasteiger partial charge in [0, 0.05) is 0 Å². The zero-order valence-corrected chi connectivity index (χ0v) is 10.1. The van der Waals surface area contributed by atoms with Gasteiger partial charge in [0.05, 0.1) is 6.61 Å². The van der Waals surface area contributed by atoms with E-state index in [4.69, 9.17) is 4.74 Å². The molecule has 0 amide bonds. The second-order valence-corrected chi connectivity index (χ2v) is 4.38. The van der Waals surface area contributed by atoms with Crippen molar-refractivity contribution in [1.29, 1.82) is 0 Å². The van der Waals surface area contributed by atoms with Crippen LogP contribution >= 0.6 is 0 Å². The highest BCUT2D eigenvalue weighted by Crippen LogP contribution is 2.13. The molecule has 1 aromatic rings. The number of hydrogen-bond acceptors (Lipinski definition) is 1. The molecule has 0 heterocycles. The SMILES string of the molecule is CCc1ccc(OCCCC(C)C)cc1. The minimum Gasteiger partial charge on any atom is -0.494 e. The summed E-state index contributed by atoms with van der Waals surface area (Å²) in [6, 6.07) is 8.40. The molecule has 0 saturated heterocycles. The molecule has 84 valence electrons. The molecule has 0 aromatic heterocycles. The maximum atomic E-state index is 5.66. The number of benzene rings is 1. The van der Waals surface area contributed by atoms with Crippen LogP contribution in [0.5, 0.6) is 5.75 Å². The normalized spacial score (nSPS) is 10.7. The van der Waals surface area contributed by atoms with Gasteiger partial charge in [-0.15, -0.1) is 0 Å². The maximum Gasteiger partial charge on any atom is 0.119 e. The molecular formula is C14H22O. The van der Waals surface area contributed by atoms with Crippen molar-refractivity contribution in [2.75, 3.05) is 6.61 Å². The van der Waals surface area contributed by atoms with Gasteiger partial charge in [-0.1, -0.05) is 32.9 Å². The molecule has 15 heavy (non-hydrogen) atoms. The minimum absolute atomic E-state index is 0.774. The predicted molar refractivity (Wildman–Crippen MR) is 65.4 cm³/mol. The zero-order valence-electron chi connectivity index (χ0n) is 10.1. The van der Waals surface area contributed by atoms with Crippen LogP contribution in [0, 0.1) is 5.92 Å². The van der Waals surface area contributed by atoms with Gasteiger partial charge in [0.25, 0.3) is 0 Å². The van der Waals surface area contributed by atoms with E-state index in [1.807, 2.05) is 0 Å². The second-order valence-electron chi connectivity index (χ2n) is 4.38. The highest BCUT2D eigenvalue weighted by atomic mass is 16.5. The van der Waals surface area contributed by atoms with Crippen LogP contribution in [0.4, 0.5) is 0 Å². The highest BCUT2D eigenvalue weighted by Gasteiger charge is 1.96. The number of hydrogen-bond donors (Lipinski definition) is 0. The molecular weight excluding hydrogens is 184 g/mol. The van der Waals surface area contributed by atoms with Crippen molar-refractivity contribution in [1.82, 2.24) is 0 Å². The Morgan fingerprint density at radius 1 is 1.13 bits per heavy atom. The molecule has 0 aliphatic carbocycles. The van der Waals surface area contributed by atoms with Gasteiger partial charge in [-0.3, -0.25) is 0 Å². The number of rotatable bonds is 6. The van der Waals surface area contributed by atoms with Crippen LogP contribution in [-0.4, -0.2) is 6.61 Å². The summed E-state index contributed by atoms with van der Waals surface area (Å²) in [5.74, 6) is 1.77. The van der Waals surface area contributed by atoms with E-state index in [1.54, 1.807) is 0 Å². The van der Waals surface area contributed by atoms with Gasteiger partial charge in [-0.2, -0.15) is 0 Å². The lowest BCUT2D eigenvalue weighted by Crippen LogP contribution is -1.99. The van der Waals surface area contributed by atoms with Crippen LogP contribution in [0.25, 0.3) is 0 Å². The Morgan fingerprint density at radius 3 is 2.33 bits per heavy atom. The lowest BCUT2D eigenvalue weighted by molar-refractivity contribution is 0.297. The Bertz CT molecular complexity index is 261. The fourth-order valence-electron chi connectivity index (χ4n) is 1.50. The molecule has 0 aliphatic heterocycles. The predicted octanol–water partition coefficient (Wildman–Crippen LogP) is 4.06. The van der Waals surface area contributed by atoms with Gasteiger partial charge in [0.1, 0.15) is 5.75 Å². The van der Waals surface area contributed by atoms with Crippen molar-refractivity contribution in [2.45, 2.75) is 40.0 Å². The lowest BCUT2D eigenvalue weighted by atomic mass is 10.1. The average Bonchev–Trinajstić information content (AvgIpc) is 2.25. The third-order valence-electron chi connectivity index (χ3n) is 2.53. The molecule has 0 bridgehead atoms. The Labute approximate surface area is 93.5 Å². The Hall–Kier alpha value is -0.980. The first-order valence-electron chi connectivity index (χ1n) is 5.94. The molecule has 0 radical (unpaired) electrons. The summed E-state index contributed by atoms with van der Waals surface area (Å²) in [5, 5.41) is 0. The summed E-state index contributed by atoms with van der Waals surface area (Å²) in [6.07, 6.45) is 3.48. The van der Waals surface area contributed by atoms with Crippen LogP contribution < -0.4 is 4.74 Å². The molecule has 0 unspecified atom stereocenters. The van der Waals surface area contributed by atoms with Crippen molar-refractivity contribution in [2.24, 2.45) is 5.92 Å². The van der Waals surface area contributed by atoms with E-state index >= 15 is 0 Å². The topological polar surface area (TPSA) is 9.23 Å². The third kappa shape index (κ3) is 4.87. The van der Waals surface area contributed by atoms with Gasteiger partial charge in [-0.25, -0.2) is 0 Å². The minimum atomic E-state index is 0.774. The van der Waals surface area contributed by atoms with Crippen molar-refractivity contribution >= 4 is 0 Å². The maximum absolute atomic E-state index is 5.66. The van der Waals surface area contributed by atoms with E-state index < -0.39 is 0 Å². The lowest BCUT2D eigenvalue weighted by Gasteiger charge is -2.07. The van der Waals surface area contributed by atoms with E-state index in [0.29, 0.717) is 0 Å². The summed E-state index contributed by atoms with van der Waals surface area (Å²) in [5.41, 5.74) is 1.37. The molecule has 0 spiro atoms. The molecule has 0 atom stereocenters. The Balaban J connectivity index is 2.25. The zero-order chi connectivity index (χ0) is 11.1. The van der Waals surface area contributed by atoms with Crippen molar-refractivity contribution in [3.05, 3.63) is 29.8 Å². The van der Waals surface area contributed by atoms with Crippen molar-refractivity contribution < 1.29 is 4.74 Å². The van der Waals surface area contributed by atoms with E-state index in [1.165, 1.54) is 12.0 Å². The Morgan fingerprint density at radius 2 is 1.80 bits per heavy atom. The van der Waals surface area contributed by atoms with Crippen LogP contribution in [0.1, 0.15) is 39.2 Å². The van der Waals surface area contributed by atoms with Crippen molar-refractivity contribution in [3.63, 3.8) is 0 Å². The largest absolute Gasteiger partial charge is 0.494 e. The van der Waals surface area contributed by atoms with E-state index in [9.17, 15) is 0 Å². The van der Waals surface area contributed by atoms with Crippen molar-refractivity contribution in [3.8, 4) is 5.75 Å². The van der Waals surface area contributed by atoms with E-state index in [0.717, 1.165) is 31.1 Å². The molecule has 0 saturated carbocycles. The Kier molecular flexibility index (Phi) is 5.23. The first-order valence-corrected chi connectivity index (χ1v) is 5.94. The molecule has 1 nitrogen and oxygen atoms in total. The van der Waals surface area contributed by atoms with Gasteiger partial charge < -0.3 is 4.74 Å². The van der Waals surface area contributed by atoms with Gasteiger partial charge in [0.15, 0.2) is 0 Å². The van der Waals surface area contributed by atoms with Crippen LogP contribution in [0.3, 0.4) is 0 Å². The molecule has 1 rings (SSSR count). The fourth-order valence-corrected chi connectivity index (χ4v) is 1.50. The van der Waals surface area contributed by atoms with Crippen LogP contribution in [0.15, 0.2) is 24.3 Å². The second kappa shape index (κ2) is 6.49. The monoisotopic (exact) mass is 206 g/mol. The van der Waals surface area contributed by atoms with Crippen LogP contribution in [-0.2, 0) is 6.42 Å². The first-order chi connectivity index (χ1) is 7.22. The summed E-state index contributed by atoms with van der Waals surface area (Å²) in [6.45, 7) is 7.49. The summed E-state index contributed by atoms with van der Waals surface area (Å²) in [4.78, 5) is 0. The summed E-state index contributed by atoms with van der Waals surface area (Å²) >= 11 is 0. The van der Waals surface area contributed by atoms with Gasteiger partial charge in [-0.05, 0) is 42.9 Å². The van der Waals surface area contributed by atoms with Gasteiger partial charge >= 0.3 is 0 Å². The fraction of sp³-hybridized carbons (Fsp3) is 0.571. The standard InChI is InChI=1S/C14H22O/c1-4-13-7-9-14(10-8-13)15-11-5-6-12(2)3/h7-10,12H,4-6,11H2,1-3H3. The smallest absolute Gasteiger partial charge is 0.119 e. The molecule has 0 N–H and O–H groups in total. The number of ether oxygens (including phenoxy) is 1. The highest BCUT2D eigenvalue weighted by molar-refractivity contribution is 5.27. The van der Waals surface area contributed by atoms with Crippen LogP contribution in [0.2, 0.25) is 0 Å². The summed E-state index contributed by atoms with van der Waals surface area (Å²) in [7, 11) is 0. The average molecular weight is 206 g/mol. The molecule has 0 aliphatic rings. The van der Waals surface area contributed by atoms with E-state index in [-0.39, 0.29) is 0 Å². The molecule has 1 heteroatoms. The third-order valence-corrected chi connectivity index (χ3v) is 2.53. The number of aryl methyl sites for hydroxylation is 1. The first kappa shape index (κ1) is 12.1.